The zero-order chi connectivity index (χ0) is 36.6. The van der Waals surface area contributed by atoms with Gasteiger partial charge in [0.1, 0.15) is 0 Å². The molecule has 0 spiro atoms. The maximum absolute atomic E-state index is 15.4. The number of imide groups is 2. The van der Waals surface area contributed by atoms with Gasteiger partial charge in [-0.05, 0) is 100 Å². The van der Waals surface area contributed by atoms with Gasteiger partial charge in [-0.1, -0.05) is 71.8 Å². The minimum atomic E-state index is -1.80. The SMILES string of the molecule is COc1cc([C@H]2C3=CC[C@@H]4C(=O)N(c5cccc(B(O)O)c5)C(=O)[C@@H]4[C@@H]3C[C@H]3C(=O)N(c4cccc(Cl)c4)C(=O)[C@@]23c2ccccc2)cc(I)c1O. The first-order valence-corrected chi connectivity index (χ1v) is 18.2. The van der Waals surface area contributed by atoms with E-state index in [1.165, 1.54) is 24.1 Å². The fourth-order valence-electron chi connectivity index (χ4n) is 9.11. The highest BCUT2D eigenvalue weighted by Gasteiger charge is 2.70. The molecule has 4 aromatic rings. The molecule has 4 aromatic carbocycles. The topological polar surface area (TPSA) is 145 Å². The summed E-state index contributed by atoms with van der Waals surface area (Å²) < 4.78 is 6.06. The van der Waals surface area contributed by atoms with Crippen LogP contribution in [0.3, 0.4) is 0 Å². The maximum Gasteiger partial charge on any atom is 0.488 e. The zero-order valence-electron chi connectivity index (χ0n) is 27.6. The number of carbonyl (C=O) groups is 4. The lowest BCUT2D eigenvalue weighted by atomic mass is 9.49. The average molecular weight is 829 g/mol. The molecule has 2 heterocycles. The number of carbonyl (C=O) groups excluding carboxylic acids is 4. The van der Waals surface area contributed by atoms with Gasteiger partial charge >= 0.3 is 7.12 Å². The molecular formula is C39H31BClIN2O8. The van der Waals surface area contributed by atoms with Gasteiger partial charge in [0, 0.05) is 10.9 Å². The highest BCUT2D eigenvalue weighted by molar-refractivity contribution is 14.1. The Morgan fingerprint density at radius 2 is 1.56 bits per heavy atom. The molecule has 0 bridgehead atoms. The number of aromatic hydroxyl groups is 1. The van der Waals surface area contributed by atoms with Gasteiger partial charge in [-0.3, -0.25) is 24.1 Å². The Hall–Kier alpha value is -4.50. The molecule has 13 heteroatoms. The van der Waals surface area contributed by atoms with E-state index in [0.29, 0.717) is 25.4 Å². The Labute approximate surface area is 317 Å². The third-order valence-electron chi connectivity index (χ3n) is 11.2. The van der Waals surface area contributed by atoms with Crippen molar-refractivity contribution in [1.29, 1.82) is 0 Å². The van der Waals surface area contributed by atoms with Crippen molar-refractivity contribution in [2.45, 2.75) is 24.2 Å². The van der Waals surface area contributed by atoms with Crippen LogP contribution in [-0.2, 0) is 24.6 Å². The number of allylic oxidation sites excluding steroid dienone is 2. The van der Waals surface area contributed by atoms with Crippen molar-refractivity contribution < 1.29 is 39.1 Å². The lowest BCUT2D eigenvalue weighted by molar-refractivity contribution is -0.127. The molecule has 2 saturated heterocycles. The van der Waals surface area contributed by atoms with Crippen LogP contribution in [0.1, 0.15) is 29.9 Å². The minimum absolute atomic E-state index is 0.0703. The third-order valence-corrected chi connectivity index (χ3v) is 12.3. The number of benzene rings is 4. The zero-order valence-corrected chi connectivity index (χ0v) is 30.6. The molecular weight excluding hydrogens is 798 g/mol. The predicted octanol–water partition coefficient (Wildman–Crippen LogP) is 4.71. The molecule has 10 nitrogen and oxygen atoms in total. The standard InChI is InChI=1S/C39H31BClIN2O8/c1-52-31-16-20(15-30(42)34(31)45)33-26-13-14-27-32(37(48)43(35(27)46)24-11-5-9-22(17-24)40(50)51)28(26)19-29-36(47)44(25-12-6-10-23(41)18-25)38(49)39(29,33)21-7-3-2-4-8-21/h2-13,15-18,27-29,32-33,45,50-51H,14,19H2,1H3/t27-,28+,29-,32-,33-,39+/m0/s1. The number of phenols is 1. The third kappa shape index (κ3) is 4.98. The maximum atomic E-state index is 15.4. The summed E-state index contributed by atoms with van der Waals surface area (Å²) in [4.78, 5) is 61.3. The molecule has 3 N–H and O–H groups in total. The first-order chi connectivity index (χ1) is 25.0. The van der Waals surface area contributed by atoms with E-state index in [1.54, 1.807) is 48.5 Å². The van der Waals surface area contributed by atoms with E-state index in [0.717, 1.165) is 10.5 Å². The molecule has 2 aliphatic heterocycles. The lowest BCUT2D eigenvalue weighted by Gasteiger charge is -2.50. The van der Waals surface area contributed by atoms with E-state index in [9.17, 15) is 29.5 Å². The molecule has 4 amide bonds. The number of ether oxygens (including phenoxy) is 1. The van der Waals surface area contributed by atoms with E-state index in [2.05, 4.69) is 0 Å². The van der Waals surface area contributed by atoms with E-state index in [1.807, 2.05) is 59.0 Å². The summed E-state index contributed by atoms with van der Waals surface area (Å²) in [5.41, 5.74) is 1.16. The summed E-state index contributed by atoms with van der Waals surface area (Å²) >= 11 is 8.40. The first kappa shape index (κ1) is 34.6. The van der Waals surface area contributed by atoms with Gasteiger partial charge in [0.2, 0.25) is 23.6 Å². The van der Waals surface area contributed by atoms with Gasteiger partial charge in [-0.2, -0.15) is 0 Å². The van der Waals surface area contributed by atoms with Crippen LogP contribution in [0.25, 0.3) is 0 Å². The van der Waals surface area contributed by atoms with Gasteiger partial charge < -0.3 is 19.9 Å². The Kier molecular flexibility index (Phi) is 8.56. The normalized spacial score (nSPS) is 26.6. The van der Waals surface area contributed by atoms with Crippen LogP contribution in [0.4, 0.5) is 11.4 Å². The number of hydrogen-bond donors (Lipinski definition) is 3. The van der Waals surface area contributed by atoms with Crippen molar-refractivity contribution in [3.05, 3.63) is 122 Å². The summed E-state index contributed by atoms with van der Waals surface area (Å²) in [5.74, 6) is -5.63. The molecule has 0 unspecified atom stereocenters. The number of anilines is 2. The van der Waals surface area contributed by atoms with Crippen LogP contribution >= 0.6 is 34.2 Å². The second-order valence-electron chi connectivity index (χ2n) is 13.6. The van der Waals surface area contributed by atoms with E-state index < -0.39 is 65.8 Å². The summed E-state index contributed by atoms with van der Waals surface area (Å²) in [7, 11) is -0.362. The molecule has 4 aliphatic rings. The first-order valence-electron chi connectivity index (χ1n) is 16.8. The van der Waals surface area contributed by atoms with Crippen LogP contribution in [0.5, 0.6) is 11.5 Å². The van der Waals surface area contributed by atoms with E-state index in [-0.39, 0.29) is 35.5 Å². The summed E-state index contributed by atoms with van der Waals surface area (Å²) in [6, 6.07) is 25.2. The van der Waals surface area contributed by atoms with Crippen molar-refractivity contribution in [2.75, 3.05) is 16.9 Å². The van der Waals surface area contributed by atoms with Crippen LogP contribution in [0.2, 0.25) is 5.02 Å². The van der Waals surface area contributed by atoms with Gasteiger partial charge in [0.25, 0.3) is 0 Å². The number of phenolic OH excluding ortho intramolecular Hbond substituents is 1. The monoisotopic (exact) mass is 828 g/mol. The van der Waals surface area contributed by atoms with Crippen molar-refractivity contribution in [1.82, 2.24) is 0 Å². The van der Waals surface area contributed by atoms with Crippen molar-refractivity contribution in [2.24, 2.45) is 23.7 Å². The highest BCUT2D eigenvalue weighted by Crippen LogP contribution is 2.65. The molecule has 2 aliphatic carbocycles. The van der Waals surface area contributed by atoms with Crippen LogP contribution in [0, 0.1) is 27.2 Å². The minimum Gasteiger partial charge on any atom is -0.504 e. The quantitative estimate of drug-likeness (QED) is 0.110. The summed E-state index contributed by atoms with van der Waals surface area (Å²) in [6.07, 6.45) is 2.26. The Balaban J connectivity index is 1.36. The molecule has 1 saturated carbocycles. The van der Waals surface area contributed by atoms with Gasteiger partial charge in [0.05, 0.1) is 45.2 Å². The number of methoxy groups -OCH3 is 1. The number of halogens is 2. The van der Waals surface area contributed by atoms with E-state index in [4.69, 9.17) is 16.3 Å². The fraction of sp³-hybridized carbons (Fsp3) is 0.231. The smallest absolute Gasteiger partial charge is 0.488 e. The van der Waals surface area contributed by atoms with Crippen LogP contribution in [-0.4, -0.2) is 53.0 Å². The number of rotatable bonds is 6. The van der Waals surface area contributed by atoms with E-state index >= 15 is 4.79 Å². The van der Waals surface area contributed by atoms with Crippen LogP contribution in [0.15, 0.2) is 103 Å². The number of nitrogens with zero attached hydrogens (tertiary/aromatic N) is 2. The molecule has 0 radical (unpaired) electrons. The number of amides is 4. The van der Waals surface area contributed by atoms with Gasteiger partial charge in [-0.15, -0.1) is 0 Å². The van der Waals surface area contributed by atoms with Gasteiger partial charge in [0.15, 0.2) is 11.5 Å². The predicted molar refractivity (Wildman–Crippen MR) is 202 cm³/mol. The Morgan fingerprint density at radius 1 is 0.846 bits per heavy atom. The lowest BCUT2D eigenvalue weighted by Crippen LogP contribution is -2.53. The molecule has 3 fully saturated rings. The Morgan fingerprint density at radius 3 is 2.25 bits per heavy atom. The molecule has 8 rings (SSSR count). The molecule has 52 heavy (non-hydrogen) atoms. The van der Waals surface area contributed by atoms with Crippen molar-refractivity contribution >= 4 is 81.8 Å². The molecule has 0 aromatic heterocycles. The number of fused-ring (bicyclic) bond motifs is 4. The number of hydrogen-bond acceptors (Lipinski definition) is 8. The van der Waals surface area contributed by atoms with Crippen molar-refractivity contribution in [3.8, 4) is 11.5 Å². The summed E-state index contributed by atoms with van der Waals surface area (Å²) in [6.45, 7) is 0. The molecule has 262 valence electrons. The molecule has 6 atom stereocenters. The van der Waals surface area contributed by atoms with Crippen molar-refractivity contribution in [3.63, 3.8) is 0 Å². The largest absolute Gasteiger partial charge is 0.504 e. The average Bonchev–Trinajstić information content (AvgIpc) is 3.53. The van der Waals surface area contributed by atoms with Gasteiger partial charge in [-0.25, -0.2) is 4.90 Å². The highest BCUT2D eigenvalue weighted by atomic mass is 127. The summed E-state index contributed by atoms with van der Waals surface area (Å²) in [5, 5.41) is 30.9. The Bertz CT molecular complexity index is 2220. The second kappa shape index (κ2) is 12.9. The fourth-order valence-corrected chi connectivity index (χ4v) is 9.92. The second-order valence-corrected chi connectivity index (χ2v) is 15.2. The van der Waals surface area contributed by atoms with Crippen LogP contribution < -0.4 is 20.0 Å².